The van der Waals surface area contributed by atoms with Gasteiger partial charge in [-0.1, -0.05) is 13.3 Å². The molecule has 1 N–H and O–H groups in total. The lowest BCUT2D eigenvalue weighted by molar-refractivity contribution is -0.126. The first kappa shape index (κ1) is 16.8. The Morgan fingerprint density at radius 2 is 1.95 bits per heavy atom. The molecule has 0 bridgehead atoms. The number of carbonyl (C=O) groups is 1. The molecule has 4 heteroatoms. The summed E-state index contributed by atoms with van der Waals surface area (Å²) in [5.41, 5.74) is 0.773. The van der Waals surface area contributed by atoms with Crippen LogP contribution in [0.25, 0.3) is 0 Å². The van der Waals surface area contributed by atoms with Crippen LogP contribution in [0.3, 0.4) is 0 Å². The van der Waals surface area contributed by atoms with E-state index in [4.69, 9.17) is 9.47 Å². The molecule has 0 radical (unpaired) electrons. The maximum atomic E-state index is 12.0. The lowest BCUT2D eigenvalue weighted by Gasteiger charge is -2.15. The Kier molecular flexibility index (Phi) is 6.72. The van der Waals surface area contributed by atoms with Crippen molar-refractivity contribution in [1.82, 2.24) is 0 Å². The molecule has 1 aliphatic carbocycles. The van der Waals surface area contributed by atoms with Gasteiger partial charge in [0, 0.05) is 12.3 Å². The molecule has 1 amide bonds. The lowest BCUT2D eigenvalue weighted by Crippen LogP contribution is -2.28. The van der Waals surface area contributed by atoms with Crippen LogP contribution in [0, 0.1) is 0 Å². The normalized spacial score (nSPS) is 16.5. The van der Waals surface area contributed by atoms with Gasteiger partial charge in [-0.2, -0.15) is 0 Å². The molecule has 0 aromatic heterocycles. The predicted molar refractivity (Wildman–Crippen MR) is 88.3 cm³/mol. The van der Waals surface area contributed by atoms with Gasteiger partial charge in [-0.3, -0.25) is 4.79 Å². The summed E-state index contributed by atoms with van der Waals surface area (Å²) in [4.78, 5) is 12.0. The van der Waals surface area contributed by atoms with E-state index in [1.54, 1.807) is 6.92 Å². The zero-order chi connectivity index (χ0) is 15.8. The largest absolute Gasteiger partial charge is 0.490 e. The monoisotopic (exact) mass is 305 g/mol. The smallest absolute Gasteiger partial charge is 0.253 e. The number of hydrogen-bond acceptors (Lipinski definition) is 3. The summed E-state index contributed by atoms with van der Waals surface area (Å²) >= 11 is 0. The van der Waals surface area contributed by atoms with Crippen molar-refractivity contribution in [2.75, 3.05) is 11.9 Å². The highest BCUT2D eigenvalue weighted by Gasteiger charge is 2.16. The van der Waals surface area contributed by atoms with Crippen LogP contribution in [-0.2, 0) is 9.53 Å². The summed E-state index contributed by atoms with van der Waals surface area (Å²) in [7, 11) is 0. The average molecular weight is 305 g/mol. The van der Waals surface area contributed by atoms with Crippen molar-refractivity contribution in [2.24, 2.45) is 0 Å². The topological polar surface area (TPSA) is 47.6 Å². The highest BCUT2D eigenvalue weighted by Crippen LogP contribution is 2.25. The highest BCUT2D eigenvalue weighted by atomic mass is 16.5. The van der Waals surface area contributed by atoms with Crippen LogP contribution in [0.4, 0.5) is 5.69 Å². The van der Waals surface area contributed by atoms with Crippen LogP contribution in [0.1, 0.15) is 52.4 Å². The van der Waals surface area contributed by atoms with E-state index >= 15 is 0 Å². The third-order valence-electron chi connectivity index (χ3n) is 3.96. The zero-order valence-electron chi connectivity index (χ0n) is 13.6. The first-order valence-electron chi connectivity index (χ1n) is 8.38. The van der Waals surface area contributed by atoms with Crippen LogP contribution in [0.15, 0.2) is 24.3 Å². The van der Waals surface area contributed by atoms with Gasteiger partial charge in [0.1, 0.15) is 11.9 Å². The van der Waals surface area contributed by atoms with E-state index in [0.29, 0.717) is 12.7 Å². The van der Waals surface area contributed by atoms with E-state index in [0.717, 1.165) is 37.1 Å². The number of nitrogens with one attached hydrogen (secondary N) is 1. The number of hydrogen-bond donors (Lipinski definition) is 1. The van der Waals surface area contributed by atoms with E-state index in [9.17, 15) is 4.79 Å². The average Bonchev–Trinajstić information content (AvgIpc) is 3.02. The molecule has 122 valence electrons. The third kappa shape index (κ3) is 5.34. The summed E-state index contributed by atoms with van der Waals surface area (Å²) in [6, 6.07) is 7.58. The molecule has 0 spiro atoms. The van der Waals surface area contributed by atoms with Crippen molar-refractivity contribution in [2.45, 2.75) is 64.6 Å². The molecule has 1 aliphatic rings. The first-order chi connectivity index (χ1) is 10.7. The quantitative estimate of drug-likeness (QED) is 0.734. The number of benzene rings is 1. The van der Waals surface area contributed by atoms with Crippen molar-refractivity contribution in [1.29, 1.82) is 0 Å². The lowest BCUT2D eigenvalue weighted by atomic mass is 10.2. The van der Waals surface area contributed by atoms with Crippen LogP contribution in [-0.4, -0.2) is 24.7 Å². The molecule has 0 aliphatic heterocycles. The SMILES string of the molecule is CCCCO[C@@H](C)C(=O)Nc1ccc(OC2CCCC2)cc1. The molecular formula is C18H27NO3. The molecule has 1 atom stereocenters. The number of anilines is 1. The molecule has 0 unspecified atom stereocenters. The van der Waals surface area contributed by atoms with Gasteiger partial charge in [0.05, 0.1) is 6.10 Å². The summed E-state index contributed by atoms with van der Waals surface area (Å²) in [5, 5.41) is 2.87. The fourth-order valence-corrected chi connectivity index (χ4v) is 2.54. The molecule has 1 aromatic carbocycles. The van der Waals surface area contributed by atoms with Crippen molar-refractivity contribution in [3.63, 3.8) is 0 Å². The summed E-state index contributed by atoms with van der Waals surface area (Å²) in [5.74, 6) is 0.762. The molecule has 1 aromatic rings. The Morgan fingerprint density at radius 1 is 1.27 bits per heavy atom. The van der Waals surface area contributed by atoms with Gasteiger partial charge >= 0.3 is 0 Å². The molecule has 1 fully saturated rings. The second kappa shape index (κ2) is 8.79. The Morgan fingerprint density at radius 3 is 2.59 bits per heavy atom. The molecule has 22 heavy (non-hydrogen) atoms. The predicted octanol–water partition coefficient (Wildman–Crippen LogP) is 4.15. The van der Waals surface area contributed by atoms with Gasteiger partial charge in [0.15, 0.2) is 0 Å². The number of ether oxygens (including phenoxy) is 2. The second-order valence-electron chi connectivity index (χ2n) is 5.90. The van der Waals surface area contributed by atoms with E-state index < -0.39 is 6.10 Å². The van der Waals surface area contributed by atoms with Gasteiger partial charge in [0.2, 0.25) is 0 Å². The number of carbonyl (C=O) groups excluding carboxylic acids is 1. The van der Waals surface area contributed by atoms with Crippen LogP contribution in [0.2, 0.25) is 0 Å². The van der Waals surface area contributed by atoms with Crippen molar-refractivity contribution >= 4 is 11.6 Å². The summed E-state index contributed by atoms with van der Waals surface area (Å²) < 4.78 is 11.4. The van der Waals surface area contributed by atoms with Gasteiger partial charge in [-0.15, -0.1) is 0 Å². The zero-order valence-corrected chi connectivity index (χ0v) is 13.6. The molecule has 0 heterocycles. The maximum absolute atomic E-state index is 12.0. The maximum Gasteiger partial charge on any atom is 0.253 e. The summed E-state index contributed by atoms with van der Waals surface area (Å²) in [6.07, 6.45) is 6.77. The molecule has 2 rings (SSSR count). The molecule has 1 saturated carbocycles. The number of rotatable bonds is 8. The Balaban J connectivity index is 1.78. The van der Waals surface area contributed by atoms with E-state index in [2.05, 4.69) is 12.2 Å². The minimum atomic E-state index is -0.430. The van der Waals surface area contributed by atoms with Gasteiger partial charge < -0.3 is 14.8 Å². The minimum absolute atomic E-state index is 0.111. The fraction of sp³-hybridized carbons (Fsp3) is 0.611. The van der Waals surface area contributed by atoms with Crippen LogP contribution < -0.4 is 10.1 Å². The highest BCUT2D eigenvalue weighted by molar-refractivity contribution is 5.93. The Bertz CT molecular complexity index is 452. The second-order valence-corrected chi connectivity index (χ2v) is 5.90. The van der Waals surface area contributed by atoms with Crippen LogP contribution in [0.5, 0.6) is 5.75 Å². The molecule has 4 nitrogen and oxygen atoms in total. The van der Waals surface area contributed by atoms with Gasteiger partial charge in [0.25, 0.3) is 5.91 Å². The standard InChI is InChI=1S/C18H27NO3/c1-3-4-13-21-14(2)18(20)19-15-9-11-17(12-10-15)22-16-7-5-6-8-16/h9-12,14,16H,3-8,13H2,1-2H3,(H,19,20)/t14-/m0/s1. The van der Waals surface area contributed by atoms with Crippen molar-refractivity contribution in [3.05, 3.63) is 24.3 Å². The fourth-order valence-electron chi connectivity index (χ4n) is 2.54. The minimum Gasteiger partial charge on any atom is -0.490 e. The molecule has 0 saturated heterocycles. The first-order valence-corrected chi connectivity index (χ1v) is 8.38. The van der Waals surface area contributed by atoms with Crippen LogP contribution >= 0.6 is 0 Å². The van der Waals surface area contributed by atoms with Gasteiger partial charge in [-0.05, 0) is 63.3 Å². The molecular weight excluding hydrogens is 278 g/mol. The van der Waals surface area contributed by atoms with E-state index in [1.807, 2.05) is 24.3 Å². The van der Waals surface area contributed by atoms with Gasteiger partial charge in [-0.25, -0.2) is 0 Å². The number of amides is 1. The summed E-state index contributed by atoms with van der Waals surface area (Å²) in [6.45, 7) is 4.51. The van der Waals surface area contributed by atoms with E-state index in [-0.39, 0.29) is 5.91 Å². The Labute approximate surface area is 133 Å². The van der Waals surface area contributed by atoms with Crippen molar-refractivity contribution in [3.8, 4) is 5.75 Å². The number of unbranched alkanes of at least 4 members (excludes halogenated alkanes) is 1. The van der Waals surface area contributed by atoms with E-state index in [1.165, 1.54) is 12.8 Å². The van der Waals surface area contributed by atoms with Crippen molar-refractivity contribution < 1.29 is 14.3 Å². The Hall–Kier alpha value is -1.55. The third-order valence-corrected chi connectivity index (χ3v) is 3.96.